The Labute approximate surface area is 73.6 Å². The topological polar surface area (TPSA) is 46.5 Å². The summed E-state index contributed by atoms with van der Waals surface area (Å²) in [4.78, 5) is 11.4. The van der Waals surface area contributed by atoms with Gasteiger partial charge >= 0.3 is 5.97 Å². The van der Waals surface area contributed by atoms with Crippen LogP contribution in [-0.4, -0.2) is 17.7 Å². The second-order valence-corrected chi connectivity index (χ2v) is 3.63. The maximum atomic E-state index is 10.4. The molecule has 1 aromatic heterocycles. The minimum atomic E-state index is -0.772. The van der Waals surface area contributed by atoms with Crippen molar-refractivity contribution in [3.8, 4) is 5.75 Å². The molecule has 0 radical (unpaired) electrons. The first-order valence-electron chi connectivity index (χ1n) is 3.71. The van der Waals surface area contributed by atoms with Crippen LogP contribution in [0.2, 0.25) is 0 Å². The van der Waals surface area contributed by atoms with Gasteiger partial charge in [0.15, 0.2) is 0 Å². The predicted molar refractivity (Wildman–Crippen MR) is 44.9 cm³/mol. The Bertz CT molecular complexity index is 316. The zero-order chi connectivity index (χ0) is 8.55. The van der Waals surface area contributed by atoms with Crippen LogP contribution in [0, 0.1) is 0 Å². The minimum Gasteiger partial charge on any atom is -0.492 e. The van der Waals surface area contributed by atoms with Gasteiger partial charge in [-0.15, -0.1) is 11.3 Å². The fourth-order valence-electron chi connectivity index (χ4n) is 1.34. The van der Waals surface area contributed by atoms with Crippen molar-refractivity contribution >= 4 is 17.3 Å². The third kappa shape index (κ3) is 1.18. The van der Waals surface area contributed by atoms with E-state index >= 15 is 0 Å². The monoisotopic (exact) mass is 184 g/mol. The number of carboxylic acids is 1. The Kier molecular flexibility index (Phi) is 1.77. The van der Waals surface area contributed by atoms with Crippen LogP contribution in [0.1, 0.15) is 10.4 Å². The highest BCUT2D eigenvalue weighted by Crippen LogP contribution is 2.34. The fraction of sp³-hybridized carbons (Fsp3) is 0.375. The lowest BCUT2D eigenvalue weighted by atomic mass is 10.2. The second-order valence-electron chi connectivity index (χ2n) is 2.67. The van der Waals surface area contributed by atoms with E-state index in [0.717, 1.165) is 22.6 Å². The highest BCUT2D eigenvalue weighted by molar-refractivity contribution is 7.10. The molecule has 0 unspecified atom stereocenters. The summed E-state index contributed by atoms with van der Waals surface area (Å²) in [6.07, 6.45) is 0.991. The molecular weight excluding hydrogens is 176 g/mol. The van der Waals surface area contributed by atoms with Crippen molar-refractivity contribution in [1.82, 2.24) is 0 Å². The van der Waals surface area contributed by atoms with Gasteiger partial charge in [0.1, 0.15) is 5.75 Å². The standard InChI is InChI=1S/C8H8O3S/c9-8(10)3-7-5-1-2-11-6(5)4-12-7/h4H,1-3H2,(H,9,10). The molecule has 64 valence electrons. The predicted octanol–water partition coefficient (Wildman–Crippen LogP) is 1.31. The lowest BCUT2D eigenvalue weighted by Gasteiger charge is -1.92. The molecule has 0 spiro atoms. The molecule has 0 amide bonds. The van der Waals surface area contributed by atoms with Crippen molar-refractivity contribution in [3.05, 3.63) is 15.8 Å². The van der Waals surface area contributed by atoms with E-state index in [2.05, 4.69) is 0 Å². The van der Waals surface area contributed by atoms with Gasteiger partial charge in [0.05, 0.1) is 13.0 Å². The number of aliphatic carboxylic acids is 1. The SMILES string of the molecule is O=C(O)Cc1scc2c1CCO2. The van der Waals surface area contributed by atoms with Crippen molar-refractivity contribution in [3.63, 3.8) is 0 Å². The molecule has 0 saturated heterocycles. The van der Waals surface area contributed by atoms with Crippen LogP contribution >= 0.6 is 11.3 Å². The molecule has 1 aliphatic rings. The Morgan fingerprint density at radius 2 is 2.58 bits per heavy atom. The first-order chi connectivity index (χ1) is 5.77. The lowest BCUT2D eigenvalue weighted by molar-refractivity contribution is -0.136. The van der Waals surface area contributed by atoms with Crippen LogP contribution in [0.4, 0.5) is 0 Å². The summed E-state index contributed by atoms with van der Waals surface area (Å²) < 4.78 is 5.28. The highest BCUT2D eigenvalue weighted by atomic mass is 32.1. The number of hydrogen-bond donors (Lipinski definition) is 1. The van der Waals surface area contributed by atoms with E-state index in [9.17, 15) is 4.79 Å². The largest absolute Gasteiger partial charge is 0.492 e. The van der Waals surface area contributed by atoms with Crippen molar-refractivity contribution < 1.29 is 14.6 Å². The van der Waals surface area contributed by atoms with Crippen LogP contribution in [-0.2, 0) is 17.6 Å². The van der Waals surface area contributed by atoms with E-state index < -0.39 is 5.97 Å². The quantitative estimate of drug-likeness (QED) is 0.753. The molecule has 1 N–H and O–H groups in total. The van der Waals surface area contributed by atoms with Gasteiger partial charge in [-0.2, -0.15) is 0 Å². The molecule has 0 aromatic carbocycles. The lowest BCUT2D eigenvalue weighted by Crippen LogP contribution is -1.99. The summed E-state index contributed by atoms with van der Waals surface area (Å²) in [6, 6.07) is 0. The van der Waals surface area contributed by atoms with Crippen LogP contribution in [0.25, 0.3) is 0 Å². The van der Waals surface area contributed by atoms with Gasteiger partial charge in [-0.3, -0.25) is 4.79 Å². The molecule has 12 heavy (non-hydrogen) atoms. The van der Waals surface area contributed by atoms with Crippen LogP contribution < -0.4 is 4.74 Å². The van der Waals surface area contributed by atoms with Crippen LogP contribution in [0.15, 0.2) is 5.38 Å². The number of rotatable bonds is 2. The van der Waals surface area contributed by atoms with Gasteiger partial charge in [-0.1, -0.05) is 0 Å². The smallest absolute Gasteiger partial charge is 0.308 e. The summed E-state index contributed by atoms with van der Waals surface area (Å²) in [5, 5.41) is 10.5. The molecule has 0 fully saturated rings. The van der Waals surface area contributed by atoms with Gasteiger partial charge in [0.2, 0.25) is 0 Å². The van der Waals surface area contributed by atoms with E-state index in [1.54, 1.807) is 0 Å². The fourth-order valence-corrected chi connectivity index (χ4v) is 2.35. The van der Waals surface area contributed by atoms with E-state index in [1.807, 2.05) is 5.38 Å². The Morgan fingerprint density at radius 1 is 1.75 bits per heavy atom. The average Bonchev–Trinajstić information content (AvgIpc) is 2.52. The number of carbonyl (C=O) groups is 1. The van der Waals surface area contributed by atoms with E-state index in [0.29, 0.717) is 6.61 Å². The average molecular weight is 184 g/mol. The van der Waals surface area contributed by atoms with E-state index in [1.165, 1.54) is 11.3 Å². The van der Waals surface area contributed by atoms with Gasteiger partial charge in [-0.05, 0) is 0 Å². The molecule has 3 nitrogen and oxygen atoms in total. The van der Waals surface area contributed by atoms with Crippen molar-refractivity contribution in [2.24, 2.45) is 0 Å². The van der Waals surface area contributed by atoms with E-state index in [4.69, 9.17) is 9.84 Å². The molecule has 0 bridgehead atoms. The van der Waals surface area contributed by atoms with Gasteiger partial charge in [0, 0.05) is 22.2 Å². The molecule has 0 atom stereocenters. The molecular formula is C8H8O3S. The zero-order valence-electron chi connectivity index (χ0n) is 6.37. The van der Waals surface area contributed by atoms with Crippen molar-refractivity contribution in [1.29, 1.82) is 0 Å². The molecule has 1 aromatic rings. The van der Waals surface area contributed by atoms with E-state index in [-0.39, 0.29) is 6.42 Å². The summed E-state index contributed by atoms with van der Waals surface area (Å²) in [5.74, 6) is 0.114. The molecule has 0 aliphatic carbocycles. The number of thiophene rings is 1. The molecule has 0 saturated carbocycles. The number of ether oxygens (including phenoxy) is 1. The summed E-state index contributed by atoms with van der Waals surface area (Å²) >= 11 is 1.47. The van der Waals surface area contributed by atoms with Gasteiger partial charge in [0.25, 0.3) is 0 Å². The van der Waals surface area contributed by atoms with Crippen molar-refractivity contribution in [2.75, 3.05) is 6.61 Å². The molecule has 1 aliphatic heterocycles. The second kappa shape index (κ2) is 2.79. The minimum absolute atomic E-state index is 0.128. The Morgan fingerprint density at radius 3 is 3.33 bits per heavy atom. The van der Waals surface area contributed by atoms with Crippen LogP contribution in [0.5, 0.6) is 5.75 Å². The molecule has 4 heteroatoms. The highest BCUT2D eigenvalue weighted by Gasteiger charge is 2.19. The number of carboxylic acid groups (broad SMARTS) is 1. The summed E-state index contributed by atoms with van der Waals surface area (Å²) in [5.41, 5.74) is 1.10. The van der Waals surface area contributed by atoms with Crippen LogP contribution in [0.3, 0.4) is 0 Å². The Hall–Kier alpha value is -1.03. The third-order valence-corrected chi connectivity index (χ3v) is 2.87. The first-order valence-corrected chi connectivity index (χ1v) is 4.59. The zero-order valence-corrected chi connectivity index (χ0v) is 7.19. The summed E-state index contributed by atoms with van der Waals surface area (Å²) in [6.45, 7) is 0.699. The molecule has 2 heterocycles. The maximum absolute atomic E-state index is 10.4. The third-order valence-electron chi connectivity index (χ3n) is 1.86. The number of hydrogen-bond acceptors (Lipinski definition) is 3. The van der Waals surface area contributed by atoms with Crippen molar-refractivity contribution in [2.45, 2.75) is 12.8 Å². The summed E-state index contributed by atoms with van der Waals surface area (Å²) in [7, 11) is 0. The van der Waals surface area contributed by atoms with Gasteiger partial charge in [-0.25, -0.2) is 0 Å². The maximum Gasteiger partial charge on any atom is 0.308 e. The molecule has 2 rings (SSSR count). The van der Waals surface area contributed by atoms with Gasteiger partial charge < -0.3 is 9.84 Å². The Balaban J connectivity index is 2.27. The first kappa shape index (κ1) is 7.61. The number of fused-ring (bicyclic) bond motifs is 1. The normalized spacial score (nSPS) is 14.0.